The van der Waals surface area contributed by atoms with Crippen molar-refractivity contribution in [2.75, 3.05) is 0 Å². The van der Waals surface area contributed by atoms with E-state index in [0.717, 1.165) is 25.7 Å². The molecular weight excluding hydrogens is 196 g/mol. The van der Waals surface area contributed by atoms with Gasteiger partial charge in [0.2, 0.25) is 0 Å². The molecule has 0 aliphatic heterocycles. The zero-order valence-electron chi connectivity index (χ0n) is 10.4. The van der Waals surface area contributed by atoms with E-state index in [1.165, 1.54) is 5.56 Å². The Hall–Kier alpha value is -0.860. The molecule has 0 aromatic heterocycles. The predicted octanol–water partition coefficient (Wildman–Crippen LogP) is 2.98. The molecular formula is C14H24N2. The molecule has 0 heterocycles. The number of hydrogen-bond acceptors (Lipinski definition) is 2. The van der Waals surface area contributed by atoms with E-state index in [1.54, 1.807) is 0 Å². The Kier molecular flexibility index (Phi) is 4.97. The molecule has 90 valence electrons. The number of benzene rings is 1. The predicted molar refractivity (Wildman–Crippen MR) is 70.1 cm³/mol. The second kappa shape index (κ2) is 6.02. The van der Waals surface area contributed by atoms with Gasteiger partial charge < -0.3 is 11.5 Å². The van der Waals surface area contributed by atoms with Gasteiger partial charge in [0.25, 0.3) is 0 Å². The van der Waals surface area contributed by atoms with Crippen molar-refractivity contribution in [2.24, 2.45) is 11.5 Å². The van der Waals surface area contributed by atoms with Crippen LogP contribution in [0, 0.1) is 0 Å². The Bertz CT molecular complexity index is 291. The monoisotopic (exact) mass is 220 g/mol. The summed E-state index contributed by atoms with van der Waals surface area (Å²) in [6.45, 7) is 4.30. The van der Waals surface area contributed by atoms with Gasteiger partial charge in [-0.2, -0.15) is 0 Å². The van der Waals surface area contributed by atoms with E-state index in [0.29, 0.717) is 0 Å². The second-order valence-electron chi connectivity index (χ2n) is 4.63. The lowest BCUT2D eigenvalue weighted by Crippen LogP contribution is -2.38. The summed E-state index contributed by atoms with van der Waals surface area (Å²) in [5.41, 5.74) is 13.6. The summed E-state index contributed by atoms with van der Waals surface area (Å²) in [5.74, 6) is 0. The first-order chi connectivity index (χ1) is 7.61. The third-order valence-electron chi connectivity index (χ3n) is 3.59. The van der Waals surface area contributed by atoms with Gasteiger partial charge >= 0.3 is 0 Å². The van der Waals surface area contributed by atoms with Gasteiger partial charge in [-0.3, -0.25) is 0 Å². The zero-order valence-corrected chi connectivity index (χ0v) is 10.4. The molecule has 1 unspecified atom stereocenters. The fraction of sp³-hybridized carbons (Fsp3) is 0.571. The molecule has 1 aromatic rings. The topological polar surface area (TPSA) is 52.0 Å². The quantitative estimate of drug-likeness (QED) is 0.774. The van der Waals surface area contributed by atoms with Crippen molar-refractivity contribution in [3.63, 3.8) is 0 Å². The summed E-state index contributed by atoms with van der Waals surface area (Å²) < 4.78 is 0. The third-order valence-corrected chi connectivity index (χ3v) is 3.59. The van der Waals surface area contributed by atoms with Gasteiger partial charge in [-0.05, 0) is 31.2 Å². The van der Waals surface area contributed by atoms with Crippen molar-refractivity contribution < 1.29 is 0 Å². The van der Waals surface area contributed by atoms with Gasteiger partial charge in [0, 0.05) is 11.6 Å². The van der Waals surface area contributed by atoms with Crippen molar-refractivity contribution in [1.29, 1.82) is 0 Å². The van der Waals surface area contributed by atoms with E-state index in [2.05, 4.69) is 26.0 Å². The molecule has 0 saturated heterocycles. The first-order valence-corrected chi connectivity index (χ1v) is 6.20. The van der Waals surface area contributed by atoms with Crippen LogP contribution in [0.2, 0.25) is 0 Å². The highest BCUT2D eigenvalue weighted by Crippen LogP contribution is 2.23. The largest absolute Gasteiger partial charge is 0.325 e. The molecule has 1 atom stereocenters. The molecule has 2 nitrogen and oxygen atoms in total. The minimum atomic E-state index is -0.0353. The molecule has 4 N–H and O–H groups in total. The first kappa shape index (κ1) is 13.2. The average Bonchev–Trinajstić information content (AvgIpc) is 2.36. The van der Waals surface area contributed by atoms with Gasteiger partial charge in [-0.25, -0.2) is 0 Å². The van der Waals surface area contributed by atoms with Crippen molar-refractivity contribution in [1.82, 2.24) is 0 Å². The third kappa shape index (κ3) is 3.62. The summed E-state index contributed by atoms with van der Waals surface area (Å²) in [7, 11) is 0. The molecule has 0 aliphatic rings. The molecule has 0 bridgehead atoms. The molecule has 1 aromatic carbocycles. The van der Waals surface area contributed by atoms with E-state index >= 15 is 0 Å². The molecule has 0 fully saturated rings. The number of rotatable bonds is 6. The van der Waals surface area contributed by atoms with Crippen LogP contribution in [0.3, 0.4) is 0 Å². The van der Waals surface area contributed by atoms with Crippen LogP contribution in [-0.4, -0.2) is 5.54 Å². The maximum absolute atomic E-state index is 6.27. The van der Waals surface area contributed by atoms with Gasteiger partial charge in [0.15, 0.2) is 0 Å². The zero-order chi connectivity index (χ0) is 12.0. The molecule has 1 rings (SSSR count). The van der Waals surface area contributed by atoms with Crippen molar-refractivity contribution in [3.8, 4) is 0 Å². The molecule has 2 heteroatoms. The van der Waals surface area contributed by atoms with Crippen LogP contribution in [0.4, 0.5) is 0 Å². The van der Waals surface area contributed by atoms with Crippen molar-refractivity contribution in [2.45, 2.75) is 51.1 Å². The molecule has 16 heavy (non-hydrogen) atoms. The van der Waals surface area contributed by atoms with Crippen LogP contribution in [0.15, 0.2) is 30.3 Å². The molecule has 0 saturated carbocycles. The smallest absolute Gasteiger partial charge is 0.0295 e. The Labute approximate surface area is 99.0 Å². The Morgan fingerprint density at radius 3 is 2.19 bits per heavy atom. The van der Waals surface area contributed by atoms with Gasteiger partial charge in [-0.15, -0.1) is 0 Å². The Morgan fingerprint density at radius 2 is 1.69 bits per heavy atom. The second-order valence-corrected chi connectivity index (χ2v) is 4.63. The maximum Gasteiger partial charge on any atom is 0.0295 e. The summed E-state index contributed by atoms with van der Waals surface area (Å²) in [6.07, 6.45) is 3.99. The number of hydrogen-bond donors (Lipinski definition) is 2. The maximum atomic E-state index is 6.27. The molecule has 0 spiro atoms. The minimum absolute atomic E-state index is 0.0353. The SMILES string of the molecule is CCC(N)(CC)CCC(N)c1ccccc1. The minimum Gasteiger partial charge on any atom is -0.325 e. The lowest BCUT2D eigenvalue weighted by Gasteiger charge is -2.28. The van der Waals surface area contributed by atoms with Crippen molar-refractivity contribution >= 4 is 0 Å². The standard InChI is InChI=1S/C14H24N2/c1-3-14(16,4-2)11-10-13(15)12-8-6-5-7-9-12/h5-9,13H,3-4,10-11,15-16H2,1-2H3. The van der Waals surface area contributed by atoms with Crippen LogP contribution in [0.25, 0.3) is 0 Å². The Balaban J connectivity index is 2.50. The lowest BCUT2D eigenvalue weighted by atomic mass is 9.86. The fourth-order valence-electron chi connectivity index (χ4n) is 1.91. The van der Waals surface area contributed by atoms with Crippen LogP contribution >= 0.6 is 0 Å². The average molecular weight is 220 g/mol. The van der Waals surface area contributed by atoms with Crippen LogP contribution in [0.5, 0.6) is 0 Å². The van der Waals surface area contributed by atoms with Gasteiger partial charge in [-0.1, -0.05) is 44.2 Å². The summed E-state index contributed by atoms with van der Waals surface area (Å²) in [6, 6.07) is 10.4. The van der Waals surface area contributed by atoms with Crippen LogP contribution < -0.4 is 11.5 Å². The summed E-state index contributed by atoms with van der Waals surface area (Å²) in [4.78, 5) is 0. The molecule has 0 aliphatic carbocycles. The van der Waals surface area contributed by atoms with E-state index < -0.39 is 0 Å². The van der Waals surface area contributed by atoms with E-state index in [-0.39, 0.29) is 11.6 Å². The van der Waals surface area contributed by atoms with Crippen LogP contribution in [-0.2, 0) is 0 Å². The fourth-order valence-corrected chi connectivity index (χ4v) is 1.91. The van der Waals surface area contributed by atoms with Gasteiger partial charge in [0.05, 0.1) is 0 Å². The molecule has 0 amide bonds. The first-order valence-electron chi connectivity index (χ1n) is 6.20. The lowest BCUT2D eigenvalue weighted by molar-refractivity contribution is 0.344. The Morgan fingerprint density at radius 1 is 1.12 bits per heavy atom. The number of nitrogens with two attached hydrogens (primary N) is 2. The molecule has 0 radical (unpaired) electrons. The van der Waals surface area contributed by atoms with Gasteiger partial charge in [0.1, 0.15) is 0 Å². The highest BCUT2D eigenvalue weighted by atomic mass is 14.7. The van der Waals surface area contributed by atoms with E-state index in [9.17, 15) is 0 Å². The highest BCUT2D eigenvalue weighted by molar-refractivity contribution is 5.18. The van der Waals surface area contributed by atoms with E-state index in [1.807, 2.05) is 18.2 Å². The van der Waals surface area contributed by atoms with Crippen molar-refractivity contribution in [3.05, 3.63) is 35.9 Å². The summed E-state index contributed by atoms with van der Waals surface area (Å²) >= 11 is 0. The van der Waals surface area contributed by atoms with Crippen LogP contribution in [0.1, 0.15) is 51.1 Å². The normalized spacial score (nSPS) is 13.8. The van der Waals surface area contributed by atoms with E-state index in [4.69, 9.17) is 11.5 Å². The summed E-state index contributed by atoms with van der Waals surface area (Å²) in [5, 5.41) is 0. The highest BCUT2D eigenvalue weighted by Gasteiger charge is 2.21.